The maximum Gasteiger partial charge on any atom is 0.128 e. The van der Waals surface area contributed by atoms with Crippen LogP contribution in [0.15, 0.2) is 29.6 Å². The van der Waals surface area contributed by atoms with Gasteiger partial charge in [0.05, 0.1) is 12.3 Å². The summed E-state index contributed by atoms with van der Waals surface area (Å²) in [6.07, 6.45) is 0. The predicted molar refractivity (Wildman–Crippen MR) is 76.1 cm³/mol. The van der Waals surface area contributed by atoms with Crippen LogP contribution in [0, 0.1) is 0 Å². The summed E-state index contributed by atoms with van der Waals surface area (Å²) in [7, 11) is 0. The smallest absolute Gasteiger partial charge is 0.128 e. The third kappa shape index (κ3) is 3.09. The zero-order chi connectivity index (χ0) is 12.8. The van der Waals surface area contributed by atoms with Crippen LogP contribution < -0.4 is 10.1 Å². The van der Waals surface area contributed by atoms with Gasteiger partial charge in [0.25, 0.3) is 0 Å². The van der Waals surface area contributed by atoms with Crippen LogP contribution in [0.4, 0.5) is 0 Å². The highest BCUT2D eigenvalue weighted by Crippen LogP contribution is 2.30. The average molecular weight is 262 g/mol. The first kappa shape index (κ1) is 13.1. The molecule has 0 bridgehead atoms. The second-order valence-electron chi connectivity index (χ2n) is 3.84. The van der Waals surface area contributed by atoms with Gasteiger partial charge in [0.2, 0.25) is 0 Å². The molecule has 0 fully saturated rings. The van der Waals surface area contributed by atoms with E-state index in [0.29, 0.717) is 6.61 Å². The number of thiazole rings is 1. The molecule has 1 aromatic heterocycles. The van der Waals surface area contributed by atoms with Crippen molar-refractivity contribution in [2.24, 2.45) is 0 Å². The van der Waals surface area contributed by atoms with Crippen molar-refractivity contribution < 1.29 is 4.74 Å². The molecule has 0 aliphatic rings. The average Bonchev–Trinajstić information content (AvgIpc) is 2.86. The molecule has 0 radical (unpaired) electrons. The summed E-state index contributed by atoms with van der Waals surface area (Å²) in [6.45, 7) is 6.56. The third-order valence-corrected chi connectivity index (χ3v) is 3.39. The highest BCUT2D eigenvalue weighted by molar-refractivity contribution is 7.09. The Kier molecular flexibility index (Phi) is 4.73. The number of rotatable bonds is 6. The number of hydrogen-bond donors (Lipinski definition) is 1. The molecule has 0 aliphatic heterocycles. The van der Waals surface area contributed by atoms with Gasteiger partial charge in [-0.2, -0.15) is 0 Å². The van der Waals surface area contributed by atoms with E-state index in [2.05, 4.69) is 28.7 Å². The van der Waals surface area contributed by atoms with Gasteiger partial charge in [-0.1, -0.05) is 19.1 Å². The first-order valence-corrected chi connectivity index (χ1v) is 7.10. The Labute approximate surface area is 112 Å². The molecule has 1 N–H and O–H groups in total. The van der Waals surface area contributed by atoms with E-state index in [1.165, 1.54) is 0 Å². The predicted octanol–water partition coefficient (Wildman–Crippen LogP) is 3.32. The van der Waals surface area contributed by atoms with Crippen LogP contribution in [0.5, 0.6) is 5.75 Å². The van der Waals surface area contributed by atoms with Gasteiger partial charge in [-0.25, -0.2) is 4.98 Å². The normalized spacial score (nSPS) is 10.6. The number of para-hydroxylation sites is 1. The molecule has 4 heteroatoms. The lowest BCUT2D eigenvalue weighted by atomic mass is 10.1. The second-order valence-corrected chi connectivity index (χ2v) is 4.78. The van der Waals surface area contributed by atoms with E-state index in [1.54, 1.807) is 11.3 Å². The zero-order valence-corrected chi connectivity index (χ0v) is 11.6. The SMILES string of the molecule is CCNCc1nc(-c2ccccc2OCC)cs1. The second kappa shape index (κ2) is 6.52. The molecule has 18 heavy (non-hydrogen) atoms. The molecule has 2 aromatic rings. The van der Waals surface area contributed by atoms with Gasteiger partial charge in [-0.3, -0.25) is 0 Å². The summed E-state index contributed by atoms with van der Waals surface area (Å²) in [4.78, 5) is 4.64. The lowest BCUT2D eigenvalue weighted by Gasteiger charge is -2.07. The Morgan fingerprint density at radius 3 is 2.89 bits per heavy atom. The highest BCUT2D eigenvalue weighted by atomic mass is 32.1. The van der Waals surface area contributed by atoms with Crippen molar-refractivity contribution in [3.63, 3.8) is 0 Å². The Balaban J connectivity index is 2.22. The summed E-state index contributed by atoms with van der Waals surface area (Å²) in [6, 6.07) is 8.04. The number of nitrogens with zero attached hydrogens (tertiary/aromatic N) is 1. The lowest BCUT2D eigenvalue weighted by Crippen LogP contribution is -2.11. The van der Waals surface area contributed by atoms with Gasteiger partial charge < -0.3 is 10.1 Å². The van der Waals surface area contributed by atoms with Crippen molar-refractivity contribution in [2.45, 2.75) is 20.4 Å². The molecule has 0 amide bonds. The molecule has 1 heterocycles. The molecule has 2 rings (SSSR count). The number of benzene rings is 1. The van der Waals surface area contributed by atoms with E-state index >= 15 is 0 Å². The maximum atomic E-state index is 5.63. The summed E-state index contributed by atoms with van der Waals surface area (Å²) in [5.41, 5.74) is 2.07. The fourth-order valence-electron chi connectivity index (χ4n) is 1.71. The lowest BCUT2D eigenvalue weighted by molar-refractivity contribution is 0.341. The first-order chi connectivity index (χ1) is 8.85. The van der Waals surface area contributed by atoms with Crippen molar-refractivity contribution >= 4 is 11.3 Å². The number of nitrogens with one attached hydrogen (secondary N) is 1. The Morgan fingerprint density at radius 1 is 1.28 bits per heavy atom. The molecule has 0 unspecified atom stereocenters. The van der Waals surface area contributed by atoms with Crippen molar-refractivity contribution in [3.05, 3.63) is 34.7 Å². The minimum absolute atomic E-state index is 0.672. The summed E-state index contributed by atoms with van der Waals surface area (Å²) >= 11 is 1.68. The van der Waals surface area contributed by atoms with Crippen LogP contribution in [-0.4, -0.2) is 18.1 Å². The van der Waals surface area contributed by atoms with Crippen molar-refractivity contribution in [3.8, 4) is 17.0 Å². The zero-order valence-electron chi connectivity index (χ0n) is 10.8. The van der Waals surface area contributed by atoms with Crippen molar-refractivity contribution in [1.82, 2.24) is 10.3 Å². The highest BCUT2D eigenvalue weighted by Gasteiger charge is 2.09. The van der Waals surface area contributed by atoms with Crippen molar-refractivity contribution in [2.75, 3.05) is 13.2 Å². The number of ether oxygens (including phenoxy) is 1. The monoisotopic (exact) mass is 262 g/mol. The molecule has 96 valence electrons. The van der Waals surface area contributed by atoms with E-state index in [4.69, 9.17) is 4.74 Å². The van der Waals surface area contributed by atoms with Gasteiger partial charge in [0.15, 0.2) is 0 Å². The molecule has 1 aromatic carbocycles. The fraction of sp³-hybridized carbons (Fsp3) is 0.357. The van der Waals surface area contributed by atoms with Crippen LogP contribution in [0.1, 0.15) is 18.9 Å². The van der Waals surface area contributed by atoms with E-state index in [9.17, 15) is 0 Å². The standard InChI is InChI=1S/C14H18N2OS/c1-3-15-9-14-16-12(10-18-14)11-7-5-6-8-13(11)17-4-2/h5-8,10,15H,3-4,9H2,1-2H3. The van der Waals surface area contributed by atoms with Gasteiger partial charge in [-0.15, -0.1) is 11.3 Å². The minimum atomic E-state index is 0.672. The summed E-state index contributed by atoms with van der Waals surface area (Å²) in [5, 5.41) is 6.48. The summed E-state index contributed by atoms with van der Waals surface area (Å²) < 4.78 is 5.63. The minimum Gasteiger partial charge on any atom is -0.493 e. The van der Waals surface area contributed by atoms with Gasteiger partial charge in [0.1, 0.15) is 10.8 Å². The first-order valence-electron chi connectivity index (χ1n) is 6.22. The largest absolute Gasteiger partial charge is 0.493 e. The topological polar surface area (TPSA) is 34.2 Å². The Hall–Kier alpha value is -1.39. The van der Waals surface area contributed by atoms with Gasteiger partial charge in [-0.05, 0) is 25.6 Å². The van der Waals surface area contributed by atoms with Crippen LogP contribution >= 0.6 is 11.3 Å². The van der Waals surface area contributed by atoms with E-state index < -0.39 is 0 Å². The molecule has 0 saturated carbocycles. The van der Waals surface area contributed by atoms with E-state index in [1.807, 2.05) is 25.1 Å². The molecular formula is C14H18N2OS. The van der Waals surface area contributed by atoms with Gasteiger partial charge >= 0.3 is 0 Å². The fourth-order valence-corrected chi connectivity index (χ4v) is 2.47. The Bertz CT molecular complexity index is 496. The molecule has 0 spiro atoms. The van der Waals surface area contributed by atoms with E-state index in [-0.39, 0.29) is 0 Å². The molecular weight excluding hydrogens is 244 g/mol. The van der Waals surface area contributed by atoms with Crippen LogP contribution in [-0.2, 0) is 6.54 Å². The quantitative estimate of drug-likeness (QED) is 0.867. The van der Waals surface area contributed by atoms with E-state index in [0.717, 1.165) is 35.1 Å². The van der Waals surface area contributed by atoms with Crippen LogP contribution in [0.2, 0.25) is 0 Å². The Morgan fingerprint density at radius 2 is 2.11 bits per heavy atom. The maximum absolute atomic E-state index is 5.63. The number of aromatic nitrogens is 1. The van der Waals surface area contributed by atoms with Crippen LogP contribution in [0.25, 0.3) is 11.3 Å². The molecule has 3 nitrogen and oxygen atoms in total. The summed E-state index contributed by atoms with van der Waals surface area (Å²) in [5.74, 6) is 0.903. The molecule has 0 aliphatic carbocycles. The van der Waals surface area contributed by atoms with Gasteiger partial charge in [0, 0.05) is 17.5 Å². The van der Waals surface area contributed by atoms with Crippen LogP contribution in [0.3, 0.4) is 0 Å². The number of hydrogen-bond acceptors (Lipinski definition) is 4. The third-order valence-electron chi connectivity index (χ3n) is 2.54. The molecule has 0 saturated heterocycles. The molecule has 0 atom stereocenters. The van der Waals surface area contributed by atoms with Crippen molar-refractivity contribution in [1.29, 1.82) is 0 Å².